The highest BCUT2D eigenvalue weighted by Crippen LogP contribution is 2.26. The molecule has 0 unspecified atom stereocenters. The molecule has 3 rings (SSSR count). The third-order valence-electron chi connectivity index (χ3n) is 4.28. The molecule has 1 heterocycles. The molecule has 0 bridgehead atoms. The normalized spacial score (nSPS) is 16.6. The van der Waals surface area contributed by atoms with Crippen LogP contribution >= 0.6 is 0 Å². The van der Waals surface area contributed by atoms with Gasteiger partial charge in [0.1, 0.15) is 0 Å². The molecule has 0 saturated heterocycles. The van der Waals surface area contributed by atoms with Crippen molar-refractivity contribution in [1.29, 1.82) is 0 Å². The highest BCUT2D eigenvalue weighted by molar-refractivity contribution is 7.89. The summed E-state index contributed by atoms with van der Waals surface area (Å²) in [5.74, 6) is 0.569. The van der Waals surface area contributed by atoms with E-state index in [0.717, 1.165) is 36.7 Å². The van der Waals surface area contributed by atoms with Crippen LogP contribution in [-0.4, -0.2) is 35.5 Å². The van der Waals surface area contributed by atoms with Gasteiger partial charge in [0.25, 0.3) is 0 Å². The fourth-order valence-electron chi connectivity index (χ4n) is 3.00. The lowest BCUT2D eigenvalue weighted by Crippen LogP contribution is -2.31. The summed E-state index contributed by atoms with van der Waals surface area (Å²) in [6.45, 7) is 0.271. The van der Waals surface area contributed by atoms with Crippen LogP contribution < -0.4 is 0 Å². The Morgan fingerprint density at radius 2 is 1.86 bits per heavy atom. The molecule has 2 aromatic rings. The summed E-state index contributed by atoms with van der Waals surface area (Å²) in [6, 6.07) is 7.60. The highest BCUT2D eigenvalue weighted by atomic mass is 32.2. The summed E-state index contributed by atoms with van der Waals surface area (Å²) in [4.78, 5) is 8.83. The number of rotatable bonds is 5. The third kappa shape index (κ3) is 3.44. The van der Waals surface area contributed by atoms with E-state index in [4.69, 9.17) is 0 Å². The standard InChI is InChI=1S/C16H21N3O2S/c1-19(22(20,21)12-13-6-2-3-7-13)11-14-10-17-15-8-4-5-9-16(15)18-14/h4-5,8-10,13H,2-3,6-7,11-12H2,1H3. The molecule has 0 amide bonds. The molecule has 0 aliphatic heterocycles. The predicted octanol–water partition coefficient (Wildman–Crippen LogP) is 2.58. The molecule has 1 fully saturated rings. The first-order valence-corrected chi connectivity index (χ1v) is 9.30. The minimum absolute atomic E-state index is 0.254. The molecule has 1 saturated carbocycles. The zero-order valence-electron chi connectivity index (χ0n) is 12.8. The number of aromatic nitrogens is 2. The zero-order valence-corrected chi connectivity index (χ0v) is 13.6. The Morgan fingerprint density at radius 3 is 2.59 bits per heavy atom. The van der Waals surface area contributed by atoms with Gasteiger partial charge in [-0.25, -0.2) is 13.4 Å². The third-order valence-corrected chi connectivity index (χ3v) is 6.25. The average Bonchev–Trinajstić information content (AvgIpc) is 2.99. The van der Waals surface area contributed by atoms with Crippen molar-refractivity contribution < 1.29 is 8.42 Å². The van der Waals surface area contributed by atoms with Gasteiger partial charge in [-0.2, -0.15) is 4.31 Å². The summed E-state index contributed by atoms with van der Waals surface area (Å²) in [7, 11) is -1.60. The molecule has 6 heteroatoms. The molecule has 1 aliphatic rings. The van der Waals surface area contributed by atoms with Crippen LogP contribution in [-0.2, 0) is 16.6 Å². The van der Waals surface area contributed by atoms with Gasteiger partial charge in [-0.15, -0.1) is 0 Å². The number of nitrogens with zero attached hydrogens (tertiary/aromatic N) is 3. The molecule has 1 aliphatic carbocycles. The Bertz CT molecular complexity index is 755. The van der Waals surface area contributed by atoms with Crippen LogP contribution in [0.3, 0.4) is 0 Å². The summed E-state index contributed by atoms with van der Waals surface area (Å²) in [6.07, 6.45) is 6.02. The Morgan fingerprint density at radius 1 is 1.18 bits per heavy atom. The topological polar surface area (TPSA) is 63.2 Å². The first-order chi connectivity index (χ1) is 10.5. The number of benzene rings is 1. The van der Waals surface area contributed by atoms with Crippen LogP contribution in [0.5, 0.6) is 0 Å². The van der Waals surface area contributed by atoms with Gasteiger partial charge in [0.15, 0.2) is 0 Å². The van der Waals surface area contributed by atoms with Crippen molar-refractivity contribution in [1.82, 2.24) is 14.3 Å². The van der Waals surface area contributed by atoms with E-state index in [1.54, 1.807) is 13.2 Å². The van der Waals surface area contributed by atoms with Gasteiger partial charge in [0.2, 0.25) is 10.0 Å². The number of hydrogen-bond donors (Lipinski definition) is 0. The SMILES string of the molecule is CN(Cc1cnc2ccccc2n1)S(=O)(=O)CC1CCCC1. The van der Waals surface area contributed by atoms with E-state index in [1.807, 2.05) is 24.3 Å². The zero-order chi connectivity index (χ0) is 15.6. The number of fused-ring (bicyclic) bond motifs is 1. The van der Waals surface area contributed by atoms with Crippen LogP contribution in [0.1, 0.15) is 31.4 Å². The van der Waals surface area contributed by atoms with Crippen molar-refractivity contribution in [3.05, 3.63) is 36.2 Å². The second kappa shape index (κ2) is 6.30. The summed E-state index contributed by atoms with van der Waals surface area (Å²) in [5, 5.41) is 0. The van der Waals surface area contributed by atoms with Crippen LogP contribution in [0.15, 0.2) is 30.5 Å². The smallest absolute Gasteiger partial charge is 0.214 e. The van der Waals surface area contributed by atoms with E-state index < -0.39 is 10.0 Å². The Kier molecular flexibility index (Phi) is 4.40. The van der Waals surface area contributed by atoms with Crippen molar-refractivity contribution in [2.24, 2.45) is 5.92 Å². The average molecular weight is 319 g/mol. The molecule has 0 atom stereocenters. The van der Waals surface area contributed by atoms with Crippen molar-refractivity contribution in [3.63, 3.8) is 0 Å². The summed E-state index contributed by atoms with van der Waals surface area (Å²) in [5.41, 5.74) is 2.29. The lowest BCUT2D eigenvalue weighted by Gasteiger charge is -2.19. The van der Waals surface area contributed by atoms with Gasteiger partial charge < -0.3 is 0 Å². The van der Waals surface area contributed by atoms with Crippen molar-refractivity contribution >= 4 is 21.1 Å². The molecular weight excluding hydrogens is 298 g/mol. The number of hydrogen-bond acceptors (Lipinski definition) is 4. The van der Waals surface area contributed by atoms with Crippen LogP contribution in [0.4, 0.5) is 0 Å². The summed E-state index contributed by atoms with van der Waals surface area (Å²) < 4.78 is 26.3. The lowest BCUT2D eigenvalue weighted by molar-refractivity contribution is 0.450. The fourth-order valence-corrected chi connectivity index (χ4v) is 4.51. The maximum absolute atomic E-state index is 12.4. The van der Waals surface area contributed by atoms with Gasteiger partial charge in [-0.1, -0.05) is 25.0 Å². The maximum Gasteiger partial charge on any atom is 0.214 e. The molecule has 118 valence electrons. The largest absolute Gasteiger partial charge is 0.253 e. The molecule has 5 nitrogen and oxygen atoms in total. The van der Waals surface area contributed by atoms with Crippen LogP contribution in [0, 0.1) is 5.92 Å². The van der Waals surface area contributed by atoms with Gasteiger partial charge in [-0.3, -0.25) is 4.98 Å². The molecule has 1 aromatic carbocycles. The second-order valence-corrected chi connectivity index (χ2v) is 8.16. The van der Waals surface area contributed by atoms with Gasteiger partial charge in [0, 0.05) is 7.05 Å². The minimum Gasteiger partial charge on any atom is -0.253 e. The Hall–Kier alpha value is -1.53. The molecular formula is C16H21N3O2S. The molecule has 0 N–H and O–H groups in total. The quantitative estimate of drug-likeness (QED) is 0.850. The highest BCUT2D eigenvalue weighted by Gasteiger charge is 2.26. The molecule has 22 heavy (non-hydrogen) atoms. The van der Waals surface area contributed by atoms with Crippen molar-refractivity contribution in [2.45, 2.75) is 32.2 Å². The lowest BCUT2D eigenvalue weighted by atomic mass is 10.1. The molecule has 0 spiro atoms. The monoisotopic (exact) mass is 319 g/mol. The van der Waals surface area contributed by atoms with Gasteiger partial charge >= 0.3 is 0 Å². The predicted molar refractivity (Wildman–Crippen MR) is 86.7 cm³/mol. The number of sulfonamides is 1. The van der Waals surface area contributed by atoms with E-state index in [-0.39, 0.29) is 12.3 Å². The van der Waals surface area contributed by atoms with Crippen molar-refractivity contribution in [3.8, 4) is 0 Å². The first kappa shape index (κ1) is 15.4. The van der Waals surface area contributed by atoms with E-state index >= 15 is 0 Å². The van der Waals surface area contributed by atoms with Crippen LogP contribution in [0.2, 0.25) is 0 Å². The Balaban J connectivity index is 1.72. The van der Waals surface area contributed by atoms with E-state index in [1.165, 1.54) is 4.31 Å². The van der Waals surface area contributed by atoms with Crippen molar-refractivity contribution in [2.75, 3.05) is 12.8 Å². The molecule has 0 radical (unpaired) electrons. The van der Waals surface area contributed by atoms with Crippen LogP contribution in [0.25, 0.3) is 11.0 Å². The second-order valence-electron chi connectivity index (χ2n) is 6.04. The number of para-hydroxylation sites is 2. The van der Waals surface area contributed by atoms with Gasteiger partial charge in [-0.05, 0) is 30.9 Å². The summed E-state index contributed by atoms with van der Waals surface area (Å²) >= 11 is 0. The maximum atomic E-state index is 12.4. The fraction of sp³-hybridized carbons (Fsp3) is 0.500. The van der Waals surface area contributed by atoms with Gasteiger partial charge in [0.05, 0.1) is 35.2 Å². The van der Waals surface area contributed by atoms with E-state index in [9.17, 15) is 8.42 Å². The minimum atomic E-state index is -3.23. The Labute approximate surface area is 131 Å². The van der Waals surface area contributed by atoms with E-state index in [2.05, 4.69) is 9.97 Å². The molecule has 1 aromatic heterocycles. The first-order valence-electron chi connectivity index (χ1n) is 7.69. The van der Waals surface area contributed by atoms with E-state index in [0.29, 0.717) is 11.6 Å².